The highest BCUT2D eigenvalue weighted by molar-refractivity contribution is 5.58. The van der Waals surface area contributed by atoms with E-state index in [-0.39, 0.29) is 0 Å². The molecule has 1 aliphatic heterocycles. The molecule has 0 saturated carbocycles. The molecule has 0 aliphatic carbocycles. The number of fused-ring (bicyclic) bond motifs is 1. The average Bonchev–Trinajstić information content (AvgIpc) is 2.61. The van der Waals surface area contributed by atoms with Crippen LogP contribution in [-0.2, 0) is 0 Å². The van der Waals surface area contributed by atoms with Crippen LogP contribution in [0.3, 0.4) is 0 Å². The van der Waals surface area contributed by atoms with E-state index in [9.17, 15) is 0 Å². The Morgan fingerprint density at radius 1 is 1.11 bits per heavy atom. The van der Waals surface area contributed by atoms with Crippen molar-refractivity contribution in [2.24, 2.45) is 5.73 Å². The molecule has 18 heavy (non-hydrogen) atoms. The number of hydrogen-bond acceptors (Lipinski definition) is 3. The Morgan fingerprint density at radius 2 is 1.94 bits per heavy atom. The highest BCUT2D eigenvalue weighted by atomic mass is 16.5. The molecule has 1 aromatic rings. The molecule has 1 aromatic carbocycles. The maximum Gasteiger partial charge on any atom is 0.142 e. The van der Waals surface area contributed by atoms with Gasteiger partial charge in [-0.2, -0.15) is 0 Å². The van der Waals surface area contributed by atoms with E-state index in [4.69, 9.17) is 10.5 Å². The fraction of sp³-hybridized carbons (Fsp3) is 0.600. The summed E-state index contributed by atoms with van der Waals surface area (Å²) in [5, 5.41) is 0. The third kappa shape index (κ3) is 3.64. The van der Waals surface area contributed by atoms with E-state index in [0.29, 0.717) is 0 Å². The number of para-hydroxylation sites is 2. The van der Waals surface area contributed by atoms with Gasteiger partial charge in [0, 0.05) is 13.1 Å². The predicted molar refractivity (Wildman–Crippen MR) is 76.3 cm³/mol. The minimum atomic E-state index is 0.820. The van der Waals surface area contributed by atoms with Gasteiger partial charge in [-0.3, -0.25) is 0 Å². The van der Waals surface area contributed by atoms with Gasteiger partial charge in [0.15, 0.2) is 0 Å². The molecule has 0 unspecified atom stereocenters. The summed E-state index contributed by atoms with van der Waals surface area (Å²) in [5.74, 6) is 1.04. The lowest BCUT2D eigenvalue weighted by molar-refractivity contribution is 0.322. The van der Waals surface area contributed by atoms with Crippen LogP contribution in [0, 0.1) is 0 Å². The summed E-state index contributed by atoms with van der Waals surface area (Å²) in [7, 11) is 0. The molecule has 0 radical (unpaired) electrons. The quantitative estimate of drug-likeness (QED) is 0.787. The first-order chi connectivity index (χ1) is 8.92. The maximum absolute atomic E-state index is 5.77. The summed E-state index contributed by atoms with van der Waals surface area (Å²) < 4.78 is 5.77. The molecule has 1 heterocycles. The van der Waals surface area contributed by atoms with Crippen molar-refractivity contribution < 1.29 is 4.74 Å². The Bertz CT molecular complexity index is 354. The molecule has 0 saturated heterocycles. The van der Waals surface area contributed by atoms with Gasteiger partial charge in [-0.15, -0.1) is 0 Å². The first kappa shape index (κ1) is 13.2. The zero-order valence-corrected chi connectivity index (χ0v) is 11.1. The van der Waals surface area contributed by atoms with Crippen molar-refractivity contribution in [2.75, 3.05) is 31.1 Å². The number of hydrogen-bond donors (Lipinski definition) is 1. The summed E-state index contributed by atoms with van der Waals surface area (Å²) >= 11 is 0. The topological polar surface area (TPSA) is 38.5 Å². The Labute approximate surface area is 110 Å². The van der Waals surface area contributed by atoms with Gasteiger partial charge >= 0.3 is 0 Å². The zero-order chi connectivity index (χ0) is 12.6. The fourth-order valence-electron chi connectivity index (χ4n) is 2.43. The van der Waals surface area contributed by atoms with Crippen molar-refractivity contribution in [3.63, 3.8) is 0 Å². The molecule has 0 aromatic heterocycles. The van der Waals surface area contributed by atoms with E-state index >= 15 is 0 Å². The van der Waals surface area contributed by atoms with Crippen LogP contribution in [0.2, 0.25) is 0 Å². The Morgan fingerprint density at radius 3 is 2.83 bits per heavy atom. The minimum Gasteiger partial charge on any atom is -0.491 e. The molecule has 0 bridgehead atoms. The van der Waals surface area contributed by atoms with Gasteiger partial charge in [0.25, 0.3) is 0 Å². The van der Waals surface area contributed by atoms with Gasteiger partial charge in [-0.1, -0.05) is 25.0 Å². The molecule has 0 spiro atoms. The van der Waals surface area contributed by atoms with Crippen molar-refractivity contribution in [3.05, 3.63) is 24.3 Å². The van der Waals surface area contributed by atoms with Crippen LogP contribution in [0.25, 0.3) is 0 Å². The molecule has 3 nitrogen and oxygen atoms in total. The van der Waals surface area contributed by atoms with E-state index < -0.39 is 0 Å². The van der Waals surface area contributed by atoms with Gasteiger partial charge in [-0.25, -0.2) is 0 Å². The normalized spacial score (nSPS) is 14.8. The molecule has 1 aliphatic rings. The van der Waals surface area contributed by atoms with Gasteiger partial charge in [-0.05, 0) is 37.9 Å². The Kier molecular flexibility index (Phi) is 5.34. The van der Waals surface area contributed by atoms with Gasteiger partial charge in [0.1, 0.15) is 5.75 Å². The molecule has 2 N–H and O–H groups in total. The molecule has 0 atom stereocenters. The van der Waals surface area contributed by atoms with Crippen molar-refractivity contribution in [2.45, 2.75) is 32.1 Å². The number of nitrogens with two attached hydrogens (primary N) is 1. The van der Waals surface area contributed by atoms with E-state index in [1.807, 2.05) is 6.07 Å². The lowest BCUT2D eigenvalue weighted by Crippen LogP contribution is -2.25. The molecule has 3 heteroatoms. The molecule has 0 amide bonds. The number of unbranched alkanes of at least 4 members (excludes halogenated alkanes) is 3. The minimum absolute atomic E-state index is 0.820. The fourth-order valence-corrected chi connectivity index (χ4v) is 2.43. The van der Waals surface area contributed by atoms with Crippen LogP contribution in [0.15, 0.2) is 24.3 Å². The van der Waals surface area contributed by atoms with E-state index in [1.54, 1.807) is 0 Å². The average molecular weight is 248 g/mol. The van der Waals surface area contributed by atoms with Crippen LogP contribution >= 0.6 is 0 Å². The van der Waals surface area contributed by atoms with E-state index in [2.05, 4.69) is 23.1 Å². The van der Waals surface area contributed by atoms with Crippen molar-refractivity contribution in [3.8, 4) is 5.75 Å². The van der Waals surface area contributed by atoms with E-state index in [0.717, 1.165) is 44.8 Å². The monoisotopic (exact) mass is 248 g/mol. The summed E-state index contributed by atoms with van der Waals surface area (Å²) in [6.45, 7) is 3.89. The Hall–Kier alpha value is -1.22. The Balaban J connectivity index is 1.88. The number of ether oxygens (including phenoxy) is 1. The standard InChI is InChI=1S/C15H24N2O/c16-10-5-1-2-6-11-17-12-7-13-18-15-9-4-3-8-14(15)17/h3-4,8-9H,1-2,5-7,10-13,16H2. The maximum atomic E-state index is 5.77. The number of benzene rings is 1. The van der Waals surface area contributed by atoms with Crippen molar-refractivity contribution >= 4 is 5.69 Å². The second-order valence-electron chi connectivity index (χ2n) is 4.86. The van der Waals surface area contributed by atoms with E-state index in [1.165, 1.54) is 24.9 Å². The third-order valence-electron chi connectivity index (χ3n) is 3.42. The van der Waals surface area contributed by atoms with Crippen LogP contribution < -0.4 is 15.4 Å². The lowest BCUT2D eigenvalue weighted by Gasteiger charge is -2.23. The highest BCUT2D eigenvalue weighted by Gasteiger charge is 2.14. The van der Waals surface area contributed by atoms with Crippen LogP contribution in [0.4, 0.5) is 5.69 Å². The number of rotatable bonds is 6. The summed E-state index contributed by atoms with van der Waals surface area (Å²) in [6.07, 6.45) is 6.03. The first-order valence-corrected chi connectivity index (χ1v) is 7.08. The second-order valence-corrected chi connectivity index (χ2v) is 4.86. The van der Waals surface area contributed by atoms with Gasteiger partial charge < -0.3 is 15.4 Å². The first-order valence-electron chi connectivity index (χ1n) is 7.08. The van der Waals surface area contributed by atoms with Gasteiger partial charge in [0.2, 0.25) is 0 Å². The lowest BCUT2D eigenvalue weighted by atomic mass is 10.1. The highest BCUT2D eigenvalue weighted by Crippen LogP contribution is 2.30. The van der Waals surface area contributed by atoms with Crippen molar-refractivity contribution in [1.82, 2.24) is 0 Å². The molecular weight excluding hydrogens is 224 g/mol. The molecule has 2 rings (SSSR count). The predicted octanol–water partition coefficient (Wildman–Crippen LogP) is 2.79. The van der Waals surface area contributed by atoms with Gasteiger partial charge in [0.05, 0.1) is 12.3 Å². The summed E-state index contributed by atoms with van der Waals surface area (Å²) in [4.78, 5) is 2.46. The second kappa shape index (κ2) is 7.27. The molecule has 100 valence electrons. The molecular formula is C15H24N2O. The summed E-state index contributed by atoms with van der Waals surface area (Å²) in [6, 6.07) is 8.38. The van der Waals surface area contributed by atoms with Crippen LogP contribution in [0.1, 0.15) is 32.1 Å². The number of anilines is 1. The SMILES string of the molecule is NCCCCCCN1CCCOc2ccccc21. The van der Waals surface area contributed by atoms with Crippen LogP contribution in [-0.4, -0.2) is 26.2 Å². The van der Waals surface area contributed by atoms with Crippen LogP contribution in [0.5, 0.6) is 5.75 Å². The summed E-state index contributed by atoms with van der Waals surface area (Å²) in [5.41, 5.74) is 6.77. The smallest absolute Gasteiger partial charge is 0.142 e. The molecule has 0 fully saturated rings. The van der Waals surface area contributed by atoms with Crippen molar-refractivity contribution in [1.29, 1.82) is 0 Å². The largest absolute Gasteiger partial charge is 0.491 e. The zero-order valence-electron chi connectivity index (χ0n) is 11.1. The third-order valence-corrected chi connectivity index (χ3v) is 3.42. The number of nitrogens with zero attached hydrogens (tertiary/aromatic N) is 1.